The number of aliphatic carboxylic acids is 1. The zero-order chi connectivity index (χ0) is 60.0. The summed E-state index contributed by atoms with van der Waals surface area (Å²) in [5, 5.41) is 31.2. The molecule has 6 rings (SSSR count). The highest BCUT2D eigenvalue weighted by Gasteiger charge is 2.36. The predicted molar refractivity (Wildman–Crippen MR) is 312 cm³/mol. The van der Waals surface area contributed by atoms with E-state index in [2.05, 4.69) is 67.1 Å². The summed E-state index contributed by atoms with van der Waals surface area (Å²) in [6.45, 7) is 8.08. The number of amides is 7. The fourth-order valence-corrected chi connectivity index (χ4v) is 9.82. The predicted octanol–water partition coefficient (Wildman–Crippen LogP) is 1.52. The number of nitrogens with two attached hydrogens (primary N) is 3. The molecule has 25 nitrogen and oxygen atoms in total. The van der Waals surface area contributed by atoms with Crippen LogP contribution in [0.5, 0.6) is 0 Å². The summed E-state index contributed by atoms with van der Waals surface area (Å²) in [4.78, 5) is 134. The lowest BCUT2D eigenvalue weighted by atomic mass is 9.98. The second-order valence-electron chi connectivity index (χ2n) is 21.9. The van der Waals surface area contributed by atoms with E-state index in [0.29, 0.717) is 67.7 Å². The number of H-pyrrole nitrogens is 4. The first-order valence-electron chi connectivity index (χ1n) is 28.4. The Labute approximate surface area is 481 Å². The van der Waals surface area contributed by atoms with Crippen LogP contribution in [0, 0.1) is 11.8 Å². The summed E-state index contributed by atoms with van der Waals surface area (Å²) in [6.07, 6.45) is 11.7. The third kappa shape index (κ3) is 19.4. The fourth-order valence-electron chi connectivity index (χ4n) is 9.82. The Morgan fingerprint density at radius 2 is 0.843 bits per heavy atom. The lowest BCUT2D eigenvalue weighted by Crippen LogP contribution is -2.61. The summed E-state index contributed by atoms with van der Waals surface area (Å²) >= 11 is 0. The van der Waals surface area contributed by atoms with Gasteiger partial charge in [-0.3, -0.25) is 33.6 Å². The van der Waals surface area contributed by atoms with Gasteiger partial charge in [-0.2, -0.15) is 0 Å². The first kappa shape index (κ1) is 63.8. The van der Waals surface area contributed by atoms with Crippen molar-refractivity contribution in [3.05, 3.63) is 108 Å². The van der Waals surface area contributed by atoms with Crippen LogP contribution in [0.3, 0.4) is 0 Å². The van der Waals surface area contributed by atoms with E-state index >= 15 is 4.79 Å². The Morgan fingerprint density at radius 3 is 1.28 bits per heavy atom. The van der Waals surface area contributed by atoms with Crippen molar-refractivity contribution in [2.45, 2.75) is 153 Å². The molecule has 7 amide bonds. The largest absolute Gasteiger partial charge is 0.480 e. The SMILES string of the molecule is CC(C)C[C@H](NC(=O)[C@H](Cc1c[nH]c2ccccc12)NC(=O)[C@H](CC(C)C)NC(=O)[C@H](Cc1c[nH]c2ccccc12)NC(=O)[C@H](Cc1cnc[nH]1)NC(=O)[C@H](CCCCN)NC(=O)[C@H](Cc1cnc[nH]1)NC(=O)[C@@H](N)CCCCN)C(=O)O. The number of fused-ring (bicyclic) bond motifs is 2. The highest BCUT2D eigenvalue weighted by Crippen LogP contribution is 2.22. The van der Waals surface area contributed by atoms with E-state index in [1.165, 1.54) is 25.0 Å². The number of carbonyl (C=O) groups excluding carboxylic acids is 7. The summed E-state index contributed by atoms with van der Waals surface area (Å²) < 4.78 is 0. The minimum Gasteiger partial charge on any atom is -0.480 e. The Kier molecular flexibility index (Phi) is 24.3. The molecule has 0 unspecified atom stereocenters. The molecule has 0 bridgehead atoms. The zero-order valence-electron chi connectivity index (χ0n) is 47.6. The fraction of sp³-hybridized carbons (Fsp3) is 0.483. The summed E-state index contributed by atoms with van der Waals surface area (Å²) in [7, 11) is 0. The van der Waals surface area contributed by atoms with E-state index in [9.17, 15) is 38.7 Å². The average Bonchev–Trinajstić information content (AvgIpc) is 4.48. The molecule has 4 aromatic heterocycles. The molecule has 0 aliphatic heterocycles. The molecule has 0 spiro atoms. The zero-order valence-corrected chi connectivity index (χ0v) is 47.6. The molecule has 2 aromatic carbocycles. The summed E-state index contributed by atoms with van der Waals surface area (Å²) in [5.74, 6) is -6.60. The molecule has 0 aliphatic carbocycles. The molecular formula is C58H82N16O9. The van der Waals surface area contributed by atoms with Crippen LogP contribution in [0.4, 0.5) is 0 Å². The van der Waals surface area contributed by atoms with Crippen LogP contribution in [-0.4, -0.2) is 144 Å². The number of carbonyl (C=O) groups is 8. The van der Waals surface area contributed by atoms with Crippen LogP contribution < -0.4 is 54.4 Å². The molecule has 0 aliphatic rings. The molecule has 0 fully saturated rings. The number of carboxylic acids is 1. The molecular weight excluding hydrogens is 1060 g/mol. The monoisotopic (exact) mass is 1150 g/mol. The van der Waals surface area contributed by atoms with Crippen LogP contribution in [0.2, 0.25) is 0 Å². The van der Waals surface area contributed by atoms with Crippen LogP contribution in [-0.2, 0) is 64.0 Å². The maximum Gasteiger partial charge on any atom is 0.326 e. The van der Waals surface area contributed by atoms with Crippen molar-refractivity contribution in [1.29, 1.82) is 0 Å². The number of unbranched alkanes of at least 4 members (excludes halogenated alkanes) is 2. The minimum atomic E-state index is -1.40. The van der Waals surface area contributed by atoms with Crippen molar-refractivity contribution in [2.75, 3.05) is 13.1 Å². The van der Waals surface area contributed by atoms with Gasteiger partial charge in [-0.25, -0.2) is 14.8 Å². The molecule has 18 N–H and O–H groups in total. The number of aromatic nitrogens is 6. The number of carboxylic acid groups (broad SMARTS) is 1. The number of nitrogens with one attached hydrogen (secondary N) is 11. The van der Waals surface area contributed by atoms with Gasteiger partial charge in [-0.15, -0.1) is 0 Å². The van der Waals surface area contributed by atoms with Gasteiger partial charge in [0.25, 0.3) is 0 Å². The molecule has 25 heteroatoms. The topological polar surface area (TPSA) is 408 Å². The van der Waals surface area contributed by atoms with Crippen molar-refractivity contribution >= 4 is 69.1 Å². The van der Waals surface area contributed by atoms with Gasteiger partial charge in [0, 0.05) is 83.7 Å². The molecule has 448 valence electrons. The number of rotatable bonds is 35. The van der Waals surface area contributed by atoms with Crippen molar-refractivity contribution in [3.8, 4) is 0 Å². The van der Waals surface area contributed by atoms with Crippen LogP contribution >= 0.6 is 0 Å². The van der Waals surface area contributed by atoms with Gasteiger partial charge >= 0.3 is 5.97 Å². The van der Waals surface area contributed by atoms with Gasteiger partial charge in [0.1, 0.15) is 42.3 Å². The van der Waals surface area contributed by atoms with Crippen molar-refractivity contribution in [1.82, 2.24) is 67.1 Å². The van der Waals surface area contributed by atoms with E-state index in [1.807, 2.05) is 76.2 Å². The first-order chi connectivity index (χ1) is 39.8. The van der Waals surface area contributed by atoms with Crippen molar-refractivity contribution in [3.63, 3.8) is 0 Å². The summed E-state index contributed by atoms with van der Waals surface area (Å²) in [5.41, 5.74) is 21.5. The lowest BCUT2D eigenvalue weighted by Gasteiger charge is -2.28. The van der Waals surface area contributed by atoms with Crippen molar-refractivity contribution in [2.24, 2.45) is 29.0 Å². The van der Waals surface area contributed by atoms with E-state index in [-0.39, 0.29) is 56.8 Å². The van der Waals surface area contributed by atoms with Gasteiger partial charge in [0.05, 0.1) is 18.7 Å². The molecule has 83 heavy (non-hydrogen) atoms. The highest BCUT2D eigenvalue weighted by molar-refractivity contribution is 5.98. The Hall–Kier alpha value is -8.42. The average molecular weight is 1150 g/mol. The lowest BCUT2D eigenvalue weighted by molar-refractivity contribution is -0.142. The molecule has 4 heterocycles. The van der Waals surface area contributed by atoms with E-state index in [0.717, 1.165) is 21.8 Å². The number of para-hydroxylation sites is 2. The van der Waals surface area contributed by atoms with Crippen LogP contribution in [0.1, 0.15) is 102 Å². The highest BCUT2D eigenvalue weighted by atomic mass is 16.4. The maximum atomic E-state index is 15.0. The molecule has 0 radical (unpaired) electrons. The number of aromatic amines is 4. The van der Waals surface area contributed by atoms with Gasteiger partial charge < -0.3 is 79.5 Å². The number of hydrogen-bond acceptors (Lipinski definition) is 13. The Morgan fingerprint density at radius 1 is 0.470 bits per heavy atom. The van der Waals surface area contributed by atoms with E-state index < -0.39 is 95.7 Å². The van der Waals surface area contributed by atoms with Gasteiger partial charge in [0.2, 0.25) is 41.4 Å². The van der Waals surface area contributed by atoms with E-state index in [4.69, 9.17) is 17.2 Å². The number of imidazole rings is 2. The third-order valence-electron chi connectivity index (χ3n) is 14.2. The third-order valence-corrected chi connectivity index (χ3v) is 14.2. The molecule has 0 saturated heterocycles. The first-order valence-corrected chi connectivity index (χ1v) is 28.4. The number of benzene rings is 2. The Balaban J connectivity index is 1.28. The smallest absolute Gasteiger partial charge is 0.326 e. The second-order valence-corrected chi connectivity index (χ2v) is 21.9. The quantitative estimate of drug-likeness (QED) is 0.0251. The molecule has 8 atom stereocenters. The van der Waals surface area contributed by atoms with Gasteiger partial charge in [-0.05, 0) is 93.1 Å². The van der Waals surface area contributed by atoms with Crippen LogP contribution in [0.25, 0.3) is 21.8 Å². The number of hydrogen-bond donors (Lipinski definition) is 15. The maximum absolute atomic E-state index is 15.0. The standard InChI is InChI=1S/C58H82N16O9/c1-33(2)21-45(53(77)71-47(55(79)74-50(58(82)83)22-34(3)4)24-36-28-65-43-17-8-6-14-40(36)43)70-54(78)46(23-35-27-64-42-16-7-5-13-39(35)42)72-57(81)49(26-38-30-63-32-67-38)73-52(76)44(18-10-12-20-60)68-56(80)48(25-37-29-62-31-66-37)69-51(75)41(61)15-9-11-19-59/h5-8,13-14,16-17,27-34,41,44-50,64-65H,9-12,15,18-26,59-61H2,1-4H3,(H,62,66)(H,63,67)(H,68,80)(H,69,75)(H,70,78)(H,71,77)(H,72,81)(H,73,76)(H,74,79)(H,82,83)/t41-,44-,45-,46-,47-,48-,49-,50-/m0/s1. The summed E-state index contributed by atoms with van der Waals surface area (Å²) in [6, 6.07) is 4.77. The van der Waals surface area contributed by atoms with Gasteiger partial charge in [0.15, 0.2) is 0 Å². The van der Waals surface area contributed by atoms with E-state index in [1.54, 1.807) is 12.4 Å². The number of nitrogens with zero attached hydrogens (tertiary/aromatic N) is 2. The van der Waals surface area contributed by atoms with Gasteiger partial charge in [-0.1, -0.05) is 70.5 Å². The van der Waals surface area contributed by atoms with Crippen molar-refractivity contribution < 1.29 is 43.5 Å². The minimum absolute atomic E-state index is 0.0266. The molecule has 0 saturated carbocycles. The second kappa shape index (κ2) is 31.7. The Bertz CT molecular complexity index is 3060. The molecule has 6 aromatic rings. The van der Waals surface area contributed by atoms with Crippen LogP contribution in [0.15, 0.2) is 86.0 Å². The normalized spacial score (nSPS) is 14.4.